The molecule has 4 N–H and O–H groups in total. The van der Waals surface area contributed by atoms with Crippen molar-refractivity contribution in [3.63, 3.8) is 0 Å². The van der Waals surface area contributed by atoms with Crippen LogP contribution in [0.1, 0.15) is 26.2 Å². The minimum atomic E-state index is -0.178. The number of nitrogens with zero attached hydrogens (tertiary/aromatic N) is 2. The molecule has 8 nitrogen and oxygen atoms in total. The molecule has 0 saturated carbocycles. The van der Waals surface area contributed by atoms with Crippen LogP contribution < -0.4 is 20.7 Å². The SMILES string of the molecule is CCC[C@]1(Nc2c(Cl)cnc3nc(-c4ccc(OCC(=O)NC)cc4)[nH]c23)CCNC1. The number of aromatic amines is 1. The van der Waals surface area contributed by atoms with Crippen LogP contribution in [0.15, 0.2) is 30.5 Å². The lowest BCUT2D eigenvalue weighted by atomic mass is 9.92. The molecule has 164 valence electrons. The maximum Gasteiger partial charge on any atom is 0.257 e. The number of benzene rings is 1. The van der Waals surface area contributed by atoms with Crippen LogP contribution in [0, 0.1) is 0 Å². The highest BCUT2D eigenvalue weighted by Gasteiger charge is 2.34. The molecule has 2 aromatic heterocycles. The molecule has 0 unspecified atom stereocenters. The number of pyridine rings is 1. The van der Waals surface area contributed by atoms with Gasteiger partial charge in [0.05, 0.1) is 22.4 Å². The maximum absolute atomic E-state index is 11.3. The van der Waals surface area contributed by atoms with Crippen molar-refractivity contribution in [2.45, 2.75) is 31.7 Å². The van der Waals surface area contributed by atoms with Crippen LogP contribution in [-0.2, 0) is 4.79 Å². The Morgan fingerprint density at radius 2 is 2.13 bits per heavy atom. The molecule has 3 aromatic rings. The molecule has 3 heterocycles. The van der Waals surface area contributed by atoms with Crippen molar-refractivity contribution in [2.75, 3.05) is 32.1 Å². The summed E-state index contributed by atoms with van der Waals surface area (Å²) in [7, 11) is 1.58. The molecule has 1 aliphatic rings. The van der Waals surface area contributed by atoms with Crippen molar-refractivity contribution in [1.82, 2.24) is 25.6 Å². The number of hydrogen-bond donors (Lipinski definition) is 4. The van der Waals surface area contributed by atoms with Crippen LogP contribution in [0.4, 0.5) is 5.69 Å². The second kappa shape index (κ2) is 9.11. The topological polar surface area (TPSA) is 104 Å². The van der Waals surface area contributed by atoms with E-state index >= 15 is 0 Å². The molecule has 0 bridgehead atoms. The van der Waals surface area contributed by atoms with Crippen LogP contribution in [0.3, 0.4) is 0 Å². The van der Waals surface area contributed by atoms with E-state index in [0.717, 1.165) is 49.1 Å². The van der Waals surface area contributed by atoms with Gasteiger partial charge >= 0.3 is 0 Å². The van der Waals surface area contributed by atoms with Gasteiger partial charge in [0, 0.05) is 19.2 Å². The first-order valence-electron chi connectivity index (χ1n) is 10.5. The van der Waals surface area contributed by atoms with Crippen molar-refractivity contribution in [2.24, 2.45) is 0 Å². The molecule has 31 heavy (non-hydrogen) atoms. The van der Waals surface area contributed by atoms with E-state index in [1.54, 1.807) is 13.2 Å². The predicted octanol–water partition coefficient (Wildman–Crippen LogP) is 3.35. The summed E-state index contributed by atoms with van der Waals surface area (Å²) in [6.45, 7) is 4.06. The van der Waals surface area contributed by atoms with Crippen LogP contribution in [0.2, 0.25) is 5.02 Å². The average Bonchev–Trinajstić information content (AvgIpc) is 3.42. The Kier molecular flexibility index (Phi) is 6.29. The van der Waals surface area contributed by atoms with Crippen molar-refractivity contribution < 1.29 is 9.53 Å². The van der Waals surface area contributed by atoms with Gasteiger partial charge in [0.2, 0.25) is 0 Å². The van der Waals surface area contributed by atoms with E-state index in [9.17, 15) is 4.79 Å². The summed E-state index contributed by atoms with van der Waals surface area (Å²) >= 11 is 6.55. The van der Waals surface area contributed by atoms with Gasteiger partial charge in [0.1, 0.15) is 17.1 Å². The smallest absolute Gasteiger partial charge is 0.257 e. The van der Waals surface area contributed by atoms with Gasteiger partial charge in [-0.25, -0.2) is 9.97 Å². The van der Waals surface area contributed by atoms with Gasteiger partial charge in [-0.2, -0.15) is 0 Å². The van der Waals surface area contributed by atoms with Crippen molar-refractivity contribution in [1.29, 1.82) is 0 Å². The summed E-state index contributed by atoms with van der Waals surface area (Å²) in [4.78, 5) is 23.8. The Morgan fingerprint density at radius 1 is 1.32 bits per heavy atom. The fraction of sp³-hybridized carbons (Fsp3) is 0.409. The molecule has 0 spiro atoms. The molecule has 1 amide bonds. The summed E-state index contributed by atoms with van der Waals surface area (Å²) in [5.41, 5.74) is 3.11. The fourth-order valence-corrected chi connectivity index (χ4v) is 4.18. The standard InChI is InChI=1S/C22H27ClN6O2/c1-3-8-22(9-10-25-13-22)29-18-16(23)11-26-21-19(18)27-20(28-21)14-4-6-15(7-5-14)31-12-17(30)24-2/h4-7,11,25H,3,8-10,12-13H2,1-2H3,(H,24,30)(H2,26,27,28,29)/t22-/m0/s1. The first-order chi connectivity index (χ1) is 15.0. The first-order valence-corrected chi connectivity index (χ1v) is 10.9. The molecule has 0 aliphatic carbocycles. The highest BCUT2D eigenvalue weighted by molar-refractivity contribution is 6.34. The number of aromatic nitrogens is 3. The molecular formula is C22H27ClN6O2. The summed E-state index contributed by atoms with van der Waals surface area (Å²) < 4.78 is 5.46. The van der Waals surface area contributed by atoms with E-state index in [-0.39, 0.29) is 18.1 Å². The van der Waals surface area contributed by atoms with Crippen LogP contribution in [0.5, 0.6) is 5.75 Å². The Hall–Kier alpha value is -2.84. The fourth-order valence-electron chi connectivity index (χ4n) is 3.99. The zero-order valence-electron chi connectivity index (χ0n) is 17.7. The Labute approximate surface area is 186 Å². The largest absolute Gasteiger partial charge is 0.484 e. The zero-order valence-corrected chi connectivity index (χ0v) is 18.5. The second-order valence-corrected chi connectivity index (χ2v) is 8.24. The number of H-pyrrole nitrogens is 1. The van der Waals surface area contributed by atoms with Gasteiger partial charge in [-0.1, -0.05) is 24.9 Å². The average molecular weight is 443 g/mol. The lowest BCUT2D eigenvalue weighted by Gasteiger charge is -2.31. The number of rotatable bonds is 8. The number of carbonyl (C=O) groups is 1. The number of likely N-dealkylation sites (N-methyl/N-ethyl adjacent to an activating group) is 1. The molecule has 0 radical (unpaired) electrons. The van der Waals surface area contributed by atoms with Gasteiger partial charge < -0.3 is 25.7 Å². The molecule has 1 aromatic carbocycles. The number of nitrogens with one attached hydrogen (secondary N) is 4. The summed E-state index contributed by atoms with van der Waals surface area (Å²) in [6, 6.07) is 7.41. The Bertz CT molecular complexity index is 1060. The third-order valence-corrected chi connectivity index (χ3v) is 5.90. The first kappa shape index (κ1) is 21.4. The number of fused-ring (bicyclic) bond motifs is 1. The molecule has 1 fully saturated rings. The van der Waals surface area contributed by atoms with E-state index < -0.39 is 0 Å². The van der Waals surface area contributed by atoms with Crippen molar-refractivity contribution >= 4 is 34.4 Å². The number of carbonyl (C=O) groups excluding carboxylic acids is 1. The van der Waals surface area contributed by atoms with Gasteiger partial charge in [-0.15, -0.1) is 0 Å². The minimum absolute atomic E-state index is 0.0215. The third-order valence-electron chi connectivity index (χ3n) is 5.61. The predicted molar refractivity (Wildman–Crippen MR) is 123 cm³/mol. The molecule has 1 aliphatic heterocycles. The monoisotopic (exact) mass is 442 g/mol. The maximum atomic E-state index is 11.3. The minimum Gasteiger partial charge on any atom is -0.484 e. The van der Waals surface area contributed by atoms with E-state index in [4.69, 9.17) is 16.3 Å². The summed E-state index contributed by atoms with van der Waals surface area (Å²) in [6.07, 6.45) is 4.83. The zero-order chi connectivity index (χ0) is 21.8. The lowest BCUT2D eigenvalue weighted by Crippen LogP contribution is -2.40. The van der Waals surface area contributed by atoms with Gasteiger partial charge in [-0.05, 0) is 43.7 Å². The molecule has 1 saturated heterocycles. The van der Waals surface area contributed by atoms with E-state index in [2.05, 4.69) is 37.8 Å². The highest BCUT2D eigenvalue weighted by atomic mass is 35.5. The second-order valence-electron chi connectivity index (χ2n) is 7.83. The molecular weight excluding hydrogens is 416 g/mol. The highest BCUT2D eigenvalue weighted by Crippen LogP contribution is 2.35. The molecule has 4 rings (SSSR count). The number of amides is 1. The molecule has 9 heteroatoms. The van der Waals surface area contributed by atoms with Crippen molar-refractivity contribution in [3.8, 4) is 17.1 Å². The van der Waals surface area contributed by atoms with E-state index in [1.807, 2.05) is 24.3 Å². The van der Waals surface area contributed by atoms with Crippen LogP contribution in [0.25, 0.3) is 22.6 Å². The van der Waals surface area contributed by atoms with Gasteiger partial charge in [0.25, 0.3) is 5.91 Å². The Balaban J connectivity index is 1.61. The number of anilines is 1. The Morgan fingerprint density at radius 3 is 2.81 bits per heavy atom. The van der Waals surface area contributed by atoms with Crippen molar-refractivity contribution in [3.05, 3.63) is 35.5 Å². The van der Waals surface area contributed by atoms with Crippen LogP contribution >= 0.6 is 11.6 Å². The number of halogens is 1. The number of hydrogen-bond acceptors (Lipinski definition) is 6. The van der Waals surface area contributed by atoms with E-state index in [1.165, 1.54) is 0 Å². The third kappa shape index (κ3) is 4.60. The van der Waals surface area contributed by atoms with E-state index in [0.29, 0.717) is 22.2 Å². The normalized spacial score (nSPS) is 18.3. The number of ether oxygens (including phenoxy) is 1. The van der Waals surface area contributed by atoms with Gasteiger partial charge in [-0.3, -0.25) is 4.79 Å². The summed E-state index contributed by atoms with van der Waals surface area (Å²) in [5, 5.41) is 10.3. The van der Waals surface area contributed by atoms with Crippen LogP contribution in [-0.4, -0.2) is 53.1 Å². The number of imidazole rings is 1. The lowest BCUT2D eigenvalue weighted by molar-refractivity contribution is -0.122. The van der Waals surface area contributed by atoms with Gasteiger partial charge in [0.15, 0.2) is 12.3 Å². The molecule has 1 atom stereocenters. The quantitative estimate of drug-likeness (QED) is 0.426. The summed E-state index contributed by atoms with van der Waals surface area (Å²) in [5.74, 6) is 1.13.